The van der Waals surface area contributed by atoms with Crippen molar-refractivity contribution in [1.82, 2.24) is 9.80 Å². The number of hydrogen-bond acceptors (Lipinski definition) is 3. The first-order chi connectivity index (χ1) is 11.9. The SMILES string of the molecule is CN1CC2(CCC1=O)CCN(C(=O)COc1ccc(F)c(Cl)c1)CC2. The molecule has 0 atom stereocenters. The van der Waals surface area contributed by atoms with Gasteiger partial charge in [0.1, 0.15) is 11.6 Å². The third-order valence-electron chi connectivity index (χ3n) is 5.30. The molecule has 2 saturated heterocycles. The number of likely N-dealkylation sites (tertiary alicyclic amines) is 2. The molecule has 1 aromatic carbocycles. The zero-order valence-electron chi connectivity index (χ0n) is 14.3. The van der Waals surface area contributed by atoms with Crippen molar-refractivity contribution >= 4 is 23.4 Å². The number of carbonyl (C=O) groups is 2. The number of rotatable bonds is 3. The summed E-state index contributed by atoms with van der Waals surface area (Å²) in [5.74, 6) is -0.0238. The van der Waals surface area contributed by atoms with Crippen LogP contribution in [-0.2, 0) is 9.59 Å². The molecule has 0 N–H and O–H groups in total. The average molecular weight is 369 g/mol. The summed E-state index contributed by atoms with van der Waals surface area (Å²) in [5.41, 5.74) is 0.144. The van der Waals surface area contributed by atoms with E-state index in [1.807, 2.05) is 11.9 Å². The Morgan fingerprint density at radius 1 is 1.32 bits per heavy atom. The number of piperidine rings is 2. The van der Waals surface area contributed by atoms with Gasteiger partial charge in [-0.15, -0.1) is 0 Å². The molecule has 0 radical (unpaired) electrons. The molecule has 25 heavy (non-hydrogen) atoms. The van der Waals surface area contributed by atoms with Crippen LogP contribution in [-0.4, -0.2) is 54.9 Å². The van der Waals surface area contributed by atoms with E-state index in [2.05, 4.69) is 0 Å². The lowest BCUT2D eigenvalue weighted by atomic mass is 9.72. The van der Waals surface area contributed by atoms with Gasteiger partial charge < -0.3 is 14.5 Å². The van der Waals surface area contributed by atoms with Gasteiger partial charge in [0.25, 0.3) is 5.91 Å². The van der Waals surface area contributed by atoms with Crippen LogP contribution in [0.5, 0.6) is 5.75 Å². The topological polar surface area (TPSA) is 49.9 Å². The molecule has 0 aliphatic carbocycles. The van der Waals surface area contributed by atoms with E-state index in [-0.39, 0.29) is 28.9 Å². The van der Waals surface area contributed by atoms with E-state index in [9.17, 15) is 14.0 Å². The first-order valence-electron chi connectivity index (χ1n) is 8.48. The van der Waals surface area contributed by atoms with E-state index in [0.717, 1.165) is 25.8 Å². The fraction of sp³-hybridized carbons (Fsp3) is 0.556. The van der Waals surface area contributed by atoms with Gasteiger partial charge in [0.15, 0.2) is 6.61 Å². The molecule has 7 heteroatoms. The number of benzene rings is 1. The highest BCUT2D eigenvalue weighted by Crippen LogP contribution is 2.39. The molecule has 2 fully saturated rings. The van der Waals surface area contributed by atoms with Crippen LogP contribution in [0.3, 0.4) is 0 Å². The van der Waals surface area contributed by atoms with E-state index < -0.39 is 5.82 Å². The predicted octanol–water partition coefficient (Wildman–Crippen LogP) is 2.72. The van der Waals surface area contributed by atoms with Crippen LogP contribution in [0.2, 0.25) is 5.02 Å². The van der Waals surface area contributed by atoms with Gasteiger partial charge in [0, 0.05) is 39.2 Å². The highest BCUT2D eigenvalue weighted by Gasteiger charge is 2.40. The van der Waals surface area contributed by atoms with Crippen LogP contribution in [0.15, 0.2) is 18.2 Å². The molecule has 0 bridgehead atoms. The molecule has 0 unspecified atom stereocenters. The molecule has 2 aliphatic heterocycles. The second kappa shape index (κ2) is 7.20. The Bertz CT molecular complexity index is 674. The van der Waals surface area contributed by atoms with E-state index in [4.69, 9.17) is 16.3 Å². The molecule has 3 rings (SSSR count). The fourth-order valence-electron chi connectivity index (χ4n) is 3.67. The summed E-state index contributed by atoms with van der Waals surface area (Å²) in [4.78, 5) is 27.6. The van der Waals surface area contributed by atoms with Crippen molar-refractivity contribution in [2.75, 3.05) is 33.3 Å². The Morgan fingerprint density at radius 3 is 2.68 bits per heavy atom. The summed E-state index contributed by atoms with van der Waals surface area (Å²) >= 11 is 5.70. The highest BCUT2D eigenvalue weighted by molar-refractivity contribution is 6.30. The predicted molar refractivity (Wildman–Crippen MR) is 92.0 cm³/mol. The minimum absolute atomic E-state index is 0.0270. The Morgan fingerprint density at radius 2 is 2.04 bits per heavy atom. The summed E-state index contributed by atoms with van der Waals surface area (Å²) in [6.45, 7) is 2.04. The summed E-state index contributed by atoms with van der Waals surface area (Å²) in [7, 11) is 1.85. The molecule has 0 saturated carbocycles. The van der Waals surface area contributed by atoms with E-state index in [0.29, 0.717) is 25.3 Å². The molecular weight excluding hydrogens is 347 g/mol. The monoisotopic (exact) mass is 368 g/mol. The smallest absolute Gasteiger partial charge is 0.260 e. The van der Waals surface area contributed by atoms with Crippen molar-refractivity contribution in [3.05, 3.63) is 29.0 Å². The number of carbonyl (C=O) groups excluding carboxylic acids is 2. The zero-order valence-corrected chi connectivity index (χ0v) is 15.0. The van der Waals surface area contributed by atoms with Crippen molar-refractivity contribution in [3.8, 4) is 5.75 Å². The molecule has 0 aromatic heterocycles. The Labute approximate surface area is 151 Å². The van der Waals surface area contributed by atoms with Crippen molar-refractivity contribution in [1.29, 1.82) is 0 Å². The lowest BCUT2D eigenvalue weighted by Crippen LogP contribution is -2.51. The lowest BCUT2D eigenvalue weighted by Gasteiger charge is -2.46. The Hall–Kier alpha value is -1.82. The van der Waals surface area contributed by atoms with Crippen molar-refractivity contribution in [2.45, 2.75) is 25.7 Å². The maximum atomic E-state index is 13.1. The fourth-order valence-corrected chi connectivity index (χ4v) is 3.85. The highest BCUT2D eigenvalue weighted by atomic mass is 35.5. The second-order valence-corrected chi connectivity index (χ2v) is 7.40. The van der Waals surface area contributed by atoms with Crippen LogP contribution in [0, 0.1) is 11.2 Å². The zero-order chi connectivity index (χ0) is 18.0. The summed E-state index contributed by atoms with van der Waals surface area (Å²) in [6, 6.07) is 4.03. The quantitative estimate of drug-likeness (QED) is 0.824. The van der Waals surface area contributed by atoms with Gasteiger partial charge in [0.05, 0.1) is 5.02 Å². The van der Waals surface area contributed by atoms with Gasteiger partial charge in [-0.1, -0.05) is 11.6 Å². The van der Waals surface area contributed by atoms with Crippen molar-refractivity contribution in [3.63, 3.8) is 0 Å². The van der Waals surface area contributed by atoms with Gasteiger partial charge in [0.2, 0.25) is 5.91 Å². The first-order valence-corrected chi connectivity index (χ1v) is 8.86. The maximum absolute atomic E-state index is 13.1. The van der Waals surface area contributed by atoms with Gasteiger partial charge in [-0.05, 0) is 36.8 Å². The Balaban J connectivity index is 1.50. The number of hydrogen-bond donors (Lipinski definition) is 0. The van der Waals surface area contributed by atoms with Gasteiger partial charge in [-0.25, -0.2) is 4.39 Å². The molecule has 2 heterocycles. The van der Waals surface area contributed by atoms with Crippen LogP contribution in [0.4, 0.5) is 4.39 Å². The van der Waals surface area contributed by atoms with Crippen LogP contribution < -0.4 is 4.74 Å². The first kappa shape index (κ1) is 18.0. The summed E-state index contributed by atoms with van der Waals surface area (Å²) in [6.07, 6.45) is 3.30. The van der Waals surface area contributed by atoms with E-state index in [1.54, 1.807) is 4.90 Å². The molecule has 136 valence electrons. The third kappa shape index (κ3) is 4.06. The summed E-state index contributed by atoms with van der Waals surface area (Å²) < 4.78 is 18.6. The largest absolute Gasteiger partial charge is 0.484 e. The number of nitrogens with zero attached hydrogens (tertiary/aromatic N) is 2. The minimum Gasteiger partial charge on any atom is -0.484 e. The molecule has 2 aliphatic rings. The molecule has 5 nitrogen and oxygen atoms in total. The lowest BCUT2D eigenvalue weighted by molar-refractivity contribution is -0.142. The molecular formula is C18H22ClFN2O3. The molecule has 1 spiro atoms. The summed E-state index contributed by atoms with van der Waals surface area (Å²) in [5, 5.41) is -0.0270. The average Bonchev–Trinajstić information content (AvgIpc) is 2.60. The van der Waals surface area contributed by atoms with Crippen LogP contribution >= 0.6 is 11.6 Å². The normalized spacial score (nSPS) is 20.0. The molecule has 2 amide bonds. The second-order valence-electron chi connectivity index (χ2n) is 7.00. The van der Waals surface area contributed by atoms with E-state index in [1.165, 1.54) is 18.2 Å². The van der Waals surface area contributed by atoms with Gasteiger partial charge >= 0.3 is 0 Å². The third-order valence-corrected chi connectivity index (χ3v) is 5.59. The van der Waals surface area contributed by atoms with Crippen LogP contribution in [0.1, 0.15) is 25.7 Å². The number of halogens is 2. The van der Waals surface area contributed by atoms with Gasteiger partial charge in [-0.3, -0.25) is 9.59 Å². The van der Waals surface area contributed by atoms with Crippen molar-refractivity contribution < 1.29 is 18.7 Å². The van der Waals surface area contributed by atoms with Crippen LogP contribution in [0.25, 0.3) is 0 Å². The van der Waals surface area contributed by atoms with Crippen molar-refractivity contribution in [2.24, 2.45) is 5.41 Å². The Kier molecular flexibility index (Phi) is 5.18. The molecule has 1 aromatic rings. The number of amides is 2. The van der Waals surface area contributed by atoms with Gasteiger partial charge in [-0.2, -0.15) is 0 Å². The maximum Gasteiger partial charge on any atom is 0.260 e. The van der Waals surface area contributed by atoms with E-state index >= 15 is 0 Å². The minimum atomic E-state index is -0.516. The number of ether oxygens (including phenoxy) is 1. The standard InChI is InChI=1S/C18H22ClFN2O3/c1-21-12-18(5-4-16(21)23)6-8-22(9-7-18)17(24)11-25-13-2-3-15(20)14(19)10-13/h2-3,10H,4-9,11-12H2,1H3.